The fourth-order valence-electron chi connectivity index (χ4n) is 8.03. The van der Waals surface area contributed by atoms with Crippen LogP contribution < -0.4 is 0 Å². The van der Waals surface area contributed by atoms with Crippen molar-refractivity contribution in [3.63, 3.8) is 0 Å². The zero-order valence-corrected chi connectivity index (χ0v) is 39.3. The van der Waals surface area contributed by atoms with Crippen LogP contribution in [0.5, 0.6) is 0 Å². The lowest BCUT2D eigenvalue weighted by molar-refractivity contribution is -0.368. The monoisotopic (exact) mass is 1020 g/mol. The van der Waals surface area contributed by atoms with Gasteiger partial charge in [-0.3, -0.25) is 0 Å². The highest BCUT2D eigenvalue weighted by Crippen LogP contribution is 2.37. The van der Waals surface area contributed by atoms with Crippen LogP contribution in [0.4, 0.5) is 0 Å². The largest absolute Gasteiger partial charge is 0.452 e. The normalized spacial score (nSPS) is 22.8. The van der Waals surface area contributed by atoms with Gasteiger partial charge in [-0.05, 0) is 83.9 Å². The maximum Gasteiger partial charge on any atom is 0.338 e. The number of hydrogen-bond acceptors (Lipinski definition) is 17. The Bertz CT molecular complexity index is 2820. The smallest absolute Gasteiger partial charge is 0.338 e. The van der Waals surface area contributed by atoms with Crippen molar-refractivity contribution in [2.24, 2.45) is 10.2 Å². The zero-order chi connectivity index (χ0) is 52.5. The molecule has 2 heterocycles. The summed E-state index contributed by atoms with van der Waals surface area (Å²) in [6.45, 7) is -1.26. The van der Waals surface area contributed by atoms with E-state index in [0.29, 0.717) is 0 Å². The van der Waals surface area contributed by atoms with Crippen LogP contribution in [0.3, 0.4) is 0 Å². The molecule has 2 saturated heterocycles. The number of nitrogens with zero attached hydrogens (tertiary/aromatic N) is 6. The molecule has 10 unspecified atom stereocenters. The van der Waals surface area contributed by atoms with Gasteiger partial charge in [0.05, 0.1) is 46.5 Å². The summed E-state index contributed by atoms with van der Waals surface area (Å²) in [4.78, 5) is 90.6. The SMILES string of the molecule is [N-]=[N+]=NCC1OC(OC2OC(CN=[N+]=[N-])C(OC(=O)c3ccccc3)C(OC(=O)c3ccccc3)C2OC(=O)c2ccccc2)C(OC(=O)c2ccccc2)C(OC(=O)c2ccccc2)C1OC(=O)c1ccccc1. The van der Waals surface area contributed by atoms with Gasteiger partial charge >= 0.3 is 35.8 Å². The van der Waals surface area contributed by atoms with Crippen molar-refractivity contribution in [2.75, 3.05) is 13.1 Å². The molecule has 380 valence electrons. The van der Waals surface area contributed by atoms with Crippen LogP contribution in [0.15, 0.2) is 192 Å². The predicted octanol–water partition coefficient (Wildman–Crippen LogP) is 8.43. The minimum atomic E-state index is -2.05. The summed E-state index contributed by atoms with van der Waals surface area (Å²) < 4.78 is 56.3. The lowest BCUT2D eigenvalue weighted by Crippen LogP contribution is -2.66. The van der Waals surface area contributed by atoms with Gasteiger partial charge in [-0.25, -0.2) is 28.8 Å². The number of hydrogen-bond donors (Lipinski definition) is 0. The summed E-state index contributed by atoms with van der Waals surface area (Å²) in [6.07, 6.45) is -18.4. The van der Waals surface area contributed by atoms with Crippen LogP contribution in [-0.4, -0.2) is 110 Å². The number of carbonyl (C=O) groups excluding carboxylic acids is 6. The second-order valence-corrected chi connectivity index (χ2v) is 16.5. The highest BCUT2D eigenvalue weighted by molar-refractivity contribution is 5.92. The molecule has 6 aromatic rings. The molecule has 0 spiro atoms. The first-order chi connectivity index (χ1) is 36.6. The van der Waals surface area contributed by atoms with Crippen LogP contribution in [0.1, 0.15) is 62.1 Å². The van der Waals surface area contributed by atoms with E-state index in [9.17, 15) is 39.8 Å². The molecule has 2 aliphatic rings. The molecule has 6 aromatic carbocycles. The number of azide groups is 2. The Hall–Kier alpha value is -9.36. The minimum Gasteiger partial charge on any atom is -0.452 e. The van der Waals surface area contributed by atoms with Crippen LogP contribution in [0.25, 0.3) is 20.9 Å². The molecule has 0 amide bonds. The molecule has 0 bridgehead atoms. The molecule has 10 atom stereocenters. The van der Waals surface area contributed by atoms with E-state index in [-0.39, 0.29) is 33.4 Å². The number of rotatable bonds is 18. The lowest BCUT2D eigenvalue weighted by Gasteiger charge is -2.48. The molecule has 21 heteroatoms. The molecule has 0 aromatic heterocycles. The first-order valence-corrected chi connectivity index (χ1v) is 23.2. The Labute approximate surface area is 427 Å². The van der Waals surface area contributed by atoms with Gasteiger partial charge in [0.1, 0.15) is 12.2 Å². The topological polar surface area (TPSA) is 283 Å². The summed E-state index contributed by atoms with van der Waals surface area (Å²) in [5.41, 5.74) is 19.3. The number of benzene rings is 6. The Morgan fingerprint density at radius 2 is 0.560 bits per heavy atom. The van der Waals surface area contributed by atoms with Crippen LogP contribution >= 0.6 is 0 Å². The number of carbonyl (C=O) groups is 6. The number of ether oxygens (including phenoxy) is 9. The third kappa shape index (κ3) is 13.2. The van der Waals surface area contributed by atoms with Gasteiger partial charge in [0.2, 0.25) is 12.6 Å². The summed E-state index contributed by atoms with van der Waals surface area (Å²) in [7, 11) is 0. The average Bonchev–Trinajstić information content (AvgIpc) is 3.46. The molecular weight excluding hydrogens is 973 g/mol. The molecule has 8 rings (SSSR count). The highest BCUT2D eigenvalue weighted by Gasteiger charge is 2.58. The third-order valence-corrected chi connectivity index (χ3v) is 11.6. The van der Waals surface area contributed by atoms with Crippen LogP contribution in [-0.2, 0) is 42.6 Å². The first kappa shape index (κ1) is 52.0. The van der Waals surface area contributed by atoms with Crippen molar-refractivity contribution >= 4 is 35.8 Å². The average molecular weight is 1020 g/mol. The van der Waals surface area contributed by atoms with Crippen LogP contribution in [0, 0.1) is 0 Å². The number of esters is 6. The molecule has 0 aliphatic carbocycles. The molecule has 21 nitrogen and oxygen atoms in total. The van der Waals surface area contributed by atoms with Crippen LogP contribution in [0.2, 0.25) is 0 Å². The molecular formula is C54H44N6O15. The van der Waals surface area contributed by atoms with Crippen molar-refractivity contribution < 1.29 is 71.4 Å². The quantitative estimate of drug-likeness (QED) is 0.0257. The molecule has 75 heavy (non-hydrogen) atoms. The van der Waals surface area contributed by atoms with Gasteiger partial charge in [-0.1, -0.05) is 119 Å². The summed E-state index contributed by atoms with van der Waals surface area (Å²) >= 11 is 0. The summed E-state index contributed by atoms with van der Waals surface area (Å²) in [6, 6.07) is 45.9. The molecule has 0 N–H and O–H groups in total. The molecule has 0 radical (unpaired) electrons. The first-order valence-electron chi connectivity index (χ1n) is 23.2. The Balaban J connectivity index is 1.28. The van der Waals surface area contributed by atoms with E-state index < -0.39 is 110 Å². The summed E-state index contributed by atoms with van der Waals surface area (Å²) in [5, 5.41) is 7.38. The van der Waals surface area contributed by atoms with Gasteiger partial charge in [0.25, 0.3) is 0 Å². The fraction of sp³-hybridized carbons (Fsp3) is 0.222. The van der Waals surface area contributed by atoms with E-state index in [1.165, 1.54) is 72.8 Å². The van der Waals surface area contributed by atoms with Gasteiger partial charge in [-0.15, -0.1) is 0 Å². The second-order valence-electron chi connectivity index (χ2n) is 16.5. The maximum absolute atomic E-state index is 14.3. The molecule has 0 saturated carbocycles. The van der Waals surface area contributed by atoms with Gasteiger partial charge < -0.3 is 42.6 Å². The van der Waals surface area contributed by atoms with E-state index in [0.717, 1.165) is 0 Å². The fourth-order valence-corrected chi connectivity index (χ4v) is 8.03. The van der Waals surface area contributed by atoms with Gasteiger partial charge in [-0.2, -0.15) is 0 Å². The van der Waals surface area contributed by atoms with E-state index in [1.54, 1.807) is 109 Å². The molecule has 2 aliphatic heterocycles. The van der Waals surface area contributed by atoms with E-state index in [2.05, 4.69) is 20.1 Å². The third-order valence-electron chi connectivity index (χ3n) is 11.6. The van der Waals surface area contributed by atoms with Gasteiger partial charge in [0, 0.05) is 9.82 Å². The standard InChI is InChI=1S/C54H44N6O15/c55-59-57-31-39-41(69-47(61)33-19-7-1-8-20-33)43(71-49(63)35-23-11-3-12-24-35)45(73-51(65)37-27-15-5-16-28-37)53(67-39)75-54-46(74-52(66)38-29-17-6-18-30-38)44(72-50(64)36-25-13-4-14-26-36)42(40(68-54)32-58-60-56)70-48(62)34-21-9-2-10-22-34/h1-30,39-46,53-54H,31-32H2. The van der Waals surface area contributed by atoms with E-state index in [4.69, 9.17) is 42.6 Å². The van der Waals surface area contributed by atoms with Crippen molar-refractivity contribution in [2.45, 2.75) is 61.4 Å². The Morgan fingerprint density at radius 3 is 0.787 bits per heavy atom. The van der Waals surface area contributed by atoms with E-state index in [1.807, 2.05) is 0 Å². The maximum atomic E-state index is 14.3. The van der Waals surface area contributed by atoms with E-state index >= 15 is 0 Å². The van der Waals surface area contributed by atoms with Crippen molar-refractivity contribution in [1.82, 2.24) is 0 Å². The summed E-state index contributed by atoms with van der Waals surface area (Å²) in [5.74, 6) is -5.96. The Morgan fingerprint density at radius 1 is 0.347 bits per heavy atom. The minimum absolute atomic E-state index is 0.00704. The Kier molecular flexibility index (Phi) is 17.6. The highest BCUT2D eigenvalue weighted by atomic mass is 16.8. The molecule has 2 fully saturated rings. The zero-order valence-electron chi connectivity index (χ0n) is 39.3. The second kappa shape index (κ2) is 25.3. The van der Waals surface area contributed by atoms with Crippen molar-refractivity contribution in [3.05, 3.63) is 236 Å². The van der Waals surface area contributed by atoms with Crippen molar-refractivity contribution in [1.29, 1.82) is 0 Å². The van der Waals surface area contributed by atoms with Gasteiger partial charge in [0.15, 0.2) is 36.6 Å². The lowest BCUT2D eigenvalue weighted by atomic mass is 9.96. The van der Waals surface area contributed by atoms with Crippen molar-refractivity contribution in [3.8, 4) is 0 Å². The predicted molar refractivity (Wildman–Crippen MR) is 260 cm³/mol.